The molecular weight excluding hydrogens is 368 g/mol. The Bertz CT molecular complexity index is 678. The molecule has 0 N–H and O–H groups in total. The summed E-state index contributed by atoms with van der Waals surface area (Å²) in [5.74, 6) is 0.252. The van der Waals surface area contributed by atoms with Gasteiger partial charge in [-0.05, 0) is 41.6 Å². The van der Waals surface area contributed by atoms with Gasteiger partial charge in [0.2, 0.25) is 0 Å². The molecule has 124 valence electrons. The lowest BCUT2D eigenvalue weighted by atomic mass is 9.92. The maximum absolute atomic E-state index is 11.7. The Hall–Kier alpha value is -1.83. The Labute approximate surface area is 141 Å². The SMILES string of the molecule is Cn1cc(Br)c(O[C@H]2CC[C@H](N3C(=O)COC3=O)CC2)cc1=O. The van der Waals surface area contributed by atoms with Crippen molar-refractivity contribution in [2.45, 2.75) is 37.8 Å². The van der Waals surface area contributed by atoms with Crippen molar-refractivity contribution in [1.82, 2.24) is 9.47 Å². The van der Waals surface area contributed by atoms with Crippen molar-refractivity contribution in [3.8, 4) is 5.75 Å². The molecule has 8 heteroatoms. The number of rotatable bonds is 3. The molecule has 2 aliphatic rings. The van der Waals surface area contributed by atoms with Gasteiger partial charge < -0.3 is 14.0 Å². The molecule has 0 atom stereocenters. The smallest absolute Gasteiger partial charge is 0.417 e. The molecule has 0 bridgehead atoms. The van der Waals surface area contributed by atoms with Crippen molar-refractivity contribution in [3.63, 3.8) is 0 Å². The molecule has 2 heterocycles. The first-order valence-electron chi connectivity index (χ1n) is 7.47. The minimum Gasteiger partial charge on any atom is -0.489 e. The Morgan fingerprint density at radius 1 is 1.22 bits per heavy atom. The molecule has 1 aliphatic heterocycles. The second kappa shape index (κ2) is 6.35. The third-order valence-electron chi connectivity index (χ3n) is 4.23. The summed E-state index contributed by atoms with van der Waals surface area (Å²) in [5, 5.41) is 0. The van der Waals surface area contributed by atoms with Crippen LogP contribution in [0.25, 0.3) is 0 Å². The van der Waals surface area contributed by atoms with Gasteiger partial charge in [-0.2, -0.15) is 0 Å². The molecule has 1 saturated carbocycles. The van der Waals surface area contributed by atoms with E-state index in [1.807, 2.05) is 0 Å². The summed E-state index contributed by atoms with van der Waals surface area (Å²) in [4.78, 5) is 36.2. The van der Waals surface area contributed by atoms with Gasteiger partial charge in [-0.1, -0.05) is 0 Å². The van der Waals surface area contributed by atoms with Crippen LogP contribution in [0.4, 0.5) is 4.79 Å². The van der Waals surface area contributed by atoms with Crippen molar-refractivity contribution in [1.29, 1.82) is 0 Å². The van der Waals surface area contributed by atoms with Crippen LogP contribution in [-0.2, 0) is 16.6 Å². The average Bonchev–Trinajstić information content (AvgIpc) is 2.85. The summed E-state index contributed by atoms with van der Waals surface area (Å²) < 4.78 is 12.9. The molecule has 1 aromatic rings. The van der Waals surface area contributed by atoms with Crippen LogP contribution in [0.5, 0.6) is 5.75 Å². The predicted octanol–water partition coefficient (Wildman–Crippen LogP) is 1.82. The lowest BCUT2D eigenvalue weighted by molar-refractivity contribution is -0.128. The largest absolute Gasteiger partial charge is 0.489 e. The summed E-state index contributed by atoms with van der Waals surface area (Å²) in [6.07, 6.45) is 3.86. The predicted molar refractivity (Wildman–Crippen MR) is 84.2 cm³/mol. The van der Waals surface area contributed by atoms with Crippen LogP contribution >= 0.6 is 15.9 Å². The molecule has 2 amide bonds. The Morgan fingerprint density at radius 2 is 1.91 bits per heavy atom. The normalized spacial score (nSPS) is 24.7. The average molecular weight is 385 g/mol. The van der Waals surface area contributed by atoms with Crippen molar-refractivity contribution in [2.24, 2.45) is 7.05 Å². The zero-order valence-electron chi connectivity index (χ0n) is 12.7. The molecular formula is C15H17BrN2O5. The number of imide groups is 1. The maximum Gasteiger partial charge on any atom is 0.417 e. The lowest BCUT2D eigenvalue weighted by Gasteiger charge is -2.32. The first-order valence-corrected chi connectivity index (χ1v) is 8.26. The fourth-order valence-electron chi connectivity index (χ4n) is 2.99. The number of carbonyl (C=O) groups is 2. The van der Waals surface area contributed by atoms with Crippen molar-refractivity contribution in [2.75, 3.05) is 6.61 Å². The minimum absolute atomic E-state index is 0.0385. The zero-order chi connectivity index (χ0) is 16.6. The highest BCUT2D eigenvalue weighted by Crippen LogP contribution is 2.30. The van der Waals surface area contributed by atoms with Crippen molar-refractivity contribution < 1.29 is 19.1 Å². The van der Waals surface area contributed by atoms with E-state index in [9.17, 15) is 14.4 Å². The highest BCUT2D eigenvalue weighted by atomic mass is 79.9. The van der Waals surface area contributed by atoms with E-state index in [1.54, 1.807) is 13.2 Å². The molecule has 0 aromatic carbocycles. The molecule has 1 aromatic heterocycles. The van der Waals surface area contributed by atoms with E-state index in [0.717, 1.165) is 4.47 Å². The molecule has 1 saturated heterocycles. The zero-order valence-corrected chi connectivity index (χ0v) is 14.2. The van der Waals surface area contributed by atoms with Gasteiger partial charge in [-0.25, -0.2) is 9.69 Å². The number of amides is 2. The van der Waals surface area contributed by atoms with Crippen LogP contribution in [0, 0.1) is 0 Å². The molecule has 2 fully saturated rings. The molecule has 3 rings (SSSR count). The Balaban J connectivity index is 1.61. The number of hydrogen-bond donors (Lipinski definition) is 0. The Kier molecular flexibility index (Phi) is 4.43. The van der Waals surface area contributed by atoms with Gasteiger partial charge in [0.25, 0.3) is 11.5 Å². The summed E-state index contributed by atoms with van der Waals surface area (Å²) in [5.41, 5.74) is -0.137. The summed E-state index contributed by atoms with van der Waals surface area (Å²) in [7, 11) is 1.67. The van der Waals surface area contributed by atoms with Crippen LogP contribution < -0.4 is 10.3 Å². The second-order valence-electron chi connectivity index (χ2n) is 5.80. The topological polar surface area (TPSA) is 77.8 Å². The fourth-order valence-corrected chi connectivity index (χ4v) is 3.50. The van der Waals surface area contributed by atoms with Crippen LogP contribution in [-0.4, -0.2) is 40.2 Å². The monoisotopic (exact) mass is 384 g/mol. The molecule has 0 unspecified atom stereocenters. The van der Waals surface area contributed by atoms with Gasteiger partial charge in [0.1, 0.15) is 5.75 Å². The van der Waals surface area contributed by atoms with E-state index in [-0.39, 0.29) is 30.2 Å². The molecule has 7 nitrogen and oxygen atoms in total. The van der Waals surface area contributed by atoms with Gasteiger partial charge in [-0.15, -0.1) is 0 Å². The first kappa shape index (κ1) is 16.0. The number of halogens is 1. The van der Waals surface area contributed by atoms with Crippen molar-refractivity contribution >= 4 is 27.9 Å². The summed E-state index contributed by atoms with van der Waals surface area (Å²) >= 11 is 3.39. The highest BCUT2D eigenvalue weighted by Gasteiger charge is 2.39. The fraction of sp³-hybridized carbons (Fsp3) is 0.533. The van der Waals surface area contributed by atoms with Crippen LogP contribution in [0.15, 0.2) is 21.5 Å². The Morgan fingerprint density at radius 3 is 2.52 bits per heavy atom. The van der Waals surface area contributed by atoms with E-state index < -0.39 is 6.09 Å². The molecule has 0 spiro atoms. The number of carbonyl (C=O) groups excluding carboxylic acids is 2. The number of pyridine rings is 1. The quantitative estimate of drug-likeness (QED) is 0.793. The third-order valence-corrected chi connectivity index (χ3v) is 4.83. The van der Waals surface area contributed by atoms with E-state index in [4.69, 9.17) is 9.47 Å². The first-order chi connectivity index (χ1) is 11.0. The minimum atomic E-state index is -0.548. The van der Waals surface area contributed by atoms with E-state index in [2.05, 4.69) is 15.9 Å². The maximum atomic E-state index is 11.7. The van der Waals surface area contributed by atoms with Gasteiger partial charge in [0.15, 0.2) is 6.61 Å². The summed E-state index contributed by atoms with van der Waals surface area (Å²) in [6.45, 7) is -0.157. The van der Waals surface area contributed by atoms with E-state index in [1.165, 1.54) is 15.5 Å². The number of aryl methyl sites for hydroxylation is 1. The van der Waals surface area contributed by atoms with Crippen LogP contribution in [0.3, 0.4) is 0 Å². The highest BCUT2D eigenvalue weighted by molar-refractivity contribution is 9.10. The van der Waals surface area contributed by atoms with E-state index >= 15 is 0 Å². The van der Waals surface area contributed by atoms with Gasteiger partial charge in [0, 0.05) is 25.4 Å². The number of aromatic nitrogens is 1. The van der Waals surface area contributed by atoms with Crippen LogP contribution in [0.2, 0.25) is 0 Å². The van der Waals surface area contributed by atoms with E-state index in [0.29, 0.717) is 31.4 Å². The number of hydrogen-bond acceptors (Lipinski definition) is 5. The number of ether oxygens (including phenoxy) is 2. The molecule has 1 aliphatic carbocycles. The number of nitrogens with zero attached hydrogens (tertiary/aromatic N) is 2. The standard InChI is InChI=1S/C15H17BrN2O5/c1-17-7-11(16)12(6-13(17)19)23-10-4-2-9(3-5-10)18-14(20)8-22-15(18)21/h6-7,9-10H,2-5,8H2,1H3/t9-,10-. The molecule has 0 radical (unpaired) electrons. The van der Waals surface area contributed by atoms with Gasteiger partial charge >= 0.3 is 6.09 Å². The van der Waals surface area contributed by atoms with Crippen molar-refractivity contribution in [3.05, 3.63) is 27.1 Å². The van der Waals surface area contributed by atoms with Gasteiger partial charge in [-0.3, -0.25) is 9.59 Å². The second-order valence-corrected chi connectivity index (χ2v) is 6.66. The lowest BCUT2D eigenvalue weighted by Crippen LogP contribution is -2.43. The summed E-state index contributed by atoms with van der Waals surface area (Å²) in [6, 6.07) is 1.33. The third kappa shape index (κ3) is 3.26. The van der Waals surface area contributed by atoms with Crippen LogP contribution in [0.1, 0.15) is 25.7 Å². The number of cyclic esters (lactones) is 1. The molecule has 23 heavy (non-hydrogen) atoms. The van der Waals surface area contributed by atoms with Gasteiger partial charge in [0.05, 0.1) is 10.6 Å².